The maximum absolute atomic E-state index is 12.0. The molecule has 20 heavy (non-hydrogen) atoms. The van der Waals surface area contributed by atoms with Gasteiger partial charge in [-0.05, 0) is 53.2 Å². The minimum atomic E-state index is -0.402. The van der Waals surface area contributed by atoms with Crippen LogP contribution in [0.3, 0.4) is 0 Å². The molecule has 1 N–H and O–H groups in total. The maximum Gasteiger partial charge on any atom is 0.266 e. The molecular weight excluding hydrogens is 336 g/mol. The second-order valence-electron chi connectivity index (χ2n) is 4.13. The van der Waals surface area contributed by atoms with E-state index in [0.29, 0.717) is 5.69 Å². The summed E-state index contributed by atoms with van der Waals surface area (Å²) in [5.41, 5.74) is 1.87. The minimum Gasteiger partial charge on any atom is -0.321 e. The molecule has 5 heteroatoms. The summed E-state index contributed by atoms with van der Waals surface area (Å²) in [6, 6.07) is 13.1. The Kier molecular flexibility index (Phi) is 4.72. The number of nitrogens with zero attached hydrogens (tertiary/aromatic N) is 1. The number of anilines is 1. The number of thiophene rings is 1. The van der Waals surface area contributed by atoms with Crippen molar-refractivity contribution in [2.75, 3.05) is 5.32 Å². The molecule has 0 spiro atoms. The third kappa shape index (κ3) is 3.80. The van der Waals surface area contributed by atoms with Crippen LogP contribution in [0.15, 0.2) is 45.8 Å². The molecule has 0 aliphatic carbocycles. The molecule has 0 aliphatic rings. The van der Waals surface area contributed by atoms with Crippen LogP contribution in [-0.4, -0.2) is 5.91 Å². The summed E-state index contributed by atoms with van der Waals surface area (Å²) < 4.78 is 0.958. The van der Waals surface area contributed by atoms with Gasteiger partial charge in [-0.1, -0.05) is 17.7 Å². The second kappa shape index (κ2) is 6.51. The Morgan fingerprint density at radius 1 is 1.30 bits per heavy atom. The summed E-state index contributed by atoms with van der Waals surface area (Å²) in [6.07, 6.45) is 1.58. The number of aryl methyl sites for hydroxylation is 1. The fourth-order valence-corrected chi connectivity index (χ4v) is 2.90. The van der Waals surface area contributed by atoms with E-state index in [0.717, 1.165) is 14.2 Å². The molecule has 2 aromatic rings. The lowest BCUT2D eigenvalue weighted by atomic mass is 10.2. The number of hydrogen-bond donors (Lipinski definition) is 1. The molecule has 0 aliphatic heterocycles. The normalized spacial score (nSPS) is 10.9. The zero-order chi connectivity index (χ0) is 14.5. The van der Waals surface area contributed by atoms with Gasteiger partial charge < -0.3 is 5.32 Å². The molecular formula is C15H11BrN2OS. The van der Waals surface area contributed by atoms with Crippen LogP contribution in [0, 0.1) is 18.3 Å². The van der Waals surface area contributed by atoms with E-state index in [1.807, 2.05) is 49.4 Å². The van der Waals surface area contributed by atoms with Crippen molar-refractivity contribution in [1.82, 2.24) is 0 Å². The number of hydrogen-bond acceptors (Lipinski definition) is 3. The van der Waals surface area contributed by atoms with E-state index in [4.69, 9.17) is 5.26 Å². The van der Waals surface area contributed by atoms with Crippen molar-refractivity contribution in [2.45, 2.75) is 6.92 Å². The Morgan fingerprint density at radius 2 is 2.00 bits per heavy atom. The van der Waals surface area contributed by atoms with Crippen LogP contribution >= 0.6 is 27.3 Å². The Hall–Kier alpha value is -1.90. The van der Waals surface area contributed by atoms with Crippen LogP contribution in [0.5, 0.6) is 0 Å². The van der Waals surface area contributed by atoms with E-state index >= 15 is 0 Å². The van der Waals surface area contributed by atoms with Crippen LogP contribution in [0.25, 0.3) is 6.08 Å². The number of carbonyl (C=O) groups excluding carboxylic acids is 1. The van der Waals surface area contributed by atoms with Crippen molar-refractivity contribution in [2.24, 2.45) is 0 Å². The first-order valence-corrected chi connectivity index (χ1v) is 7.44. The number of amides is 1. The molecule has 100 valence electrons. The summed E-state index contributed by atoms with van der Waals surface area (Å²) in [7, 11) is 0. The van der Waals surface area contributed by atoms with Gasteiger partial charge in [0.25, 0.3) is 5.91 Å². The first kappa shape index (κ1) is 14.5. The highest BCUT2D eigenvalue weighted by Crippen LogP contribution is 2.24. The molecule has 0 unspecified atom stereocenters. The predicted octanol–water partition coefficient (Wildman–Crippen LogP) is 4.36. The van der Waals surface area contributed by atoms with Crippen molar-refractivity contribution in [3.05, 3.63) is 56.2 Å². The van der Waals surface area contributed by atoms with Gasteiger partial charge in [0.2, 0.25) is 0 Å². The minimum absolute atomic E-state index is 0.0833. The van der Waals surface area contributed by atoms with E-state index in [9.17, 15) is 4.79 Å². The largest absolute Gasteiger partial charge is 0.321 e. The molecule has 0 saturated heterocycles. The maximum atomic E-state index is 12.0. The number of carbonyl (C=O) groups is 1. The van der Waals surface area contributed by atoms with E-state index in [1.165, 1.54) is 11.3 Å². The second-order valence-corrected chi connectivity index (χ2v) is 6.63. The molecule has 0 atom stereocenters. The van der Waals surface area contributed by atoms with Crippen molar-refractivity contribution in [1.29, 1.82) is 5.26 Å². The Bertz CT molecular complexity index is 695. The summed E-state index contributed by atoms with van der Waals surface area (Å²) in [6.45, 7) is 1.97. The smallest absolute Gasteiger partial charge is 0.266 e. The number of benzene rings is 1. The summed E-state index contributed by atoms with van der Waals surface area (Å²) in [5, 5.41) is 11.8. The van der Waals surface area contributed by atoms with E-state index in [-0.39, 0.29) is 5.57 Å². The summed E-state index contributed by atoms with van der Waals surface area (Å²) in [5.74, 6) is -0.402. The first-order chi connectivity index (χ1) is 9.58. The standard InChI is InChI=1S/C15H11BrN2OS/c1-10-2-4-12(5-3-10)18-15(19)11(9-17)8-13-6-7-14(16)20-13/h2-8H,1H3,(H,18,19)/b11-8-. The van der Waals surface area contributed by atoms with Crippen LogP contribution in [0.1, 0.15) is 10.4 Å². The van der Waals surface area contributed by atoms with Gasteiger partial charge in [-0.25, -0.2) is 0 Å². The zero-order valence-electron chi connectivity index (χ0n) is 10.7. The van der Waals surface area contributed by atoms with Crippen LogP contribution in [-0.2, 0) is 4.79 Å². The van der Waals surface area contributed by atoms with Crippen LogP contribution in [0.4, 0.5) is 5.69 Å². The zero-order valence-corrected chi connectivity index (χ0v) is 13.1. The van der Waals surface area contributed by atoms with Crippen LogP contribution in [0.2, 0.25) is 0 Å². The predicted molar refractivity (Wildman–Crippen MR) is 85.4 cm³/mol. The quantitative estimate of drug-likeness (QED) is 0.662. The van der Waals surface area contributed by atoms with Gasteiger partial charge in [-0.15, -0.1) is 11.3 Å². The van der Waals surface area contributed by atoms with Crippen LogP contribution < -0.4 is 5.32 Å². The molecule has 1 heterocycles. The van der Waals surface area contributed by atoms with Gasteiger partial charge in [0.15, 0.2) is 0 Å². The highest BCUT2D eigenvalue weighted by molar-refractivity contribution is 9.11. The number of nitriles is 1. The average molecular weight is 347 g/mol. The number of rotatable bonds is 3. The van der Waals surface area contributed by atoms with Crippen molar-refractivity contribution >= 4 is 44.9 Å². The van der Waals surface area contributed by atoms with Crippen molar-refractivity contribution < 1.29 is 4.79 Å². The van der Waals surface area contributed by atoms with Crippen molar-refractivity contribution in [3.63, 3.8) is 0 Å². The fraction of sp³-hybridized carbons (Fsp3) is 0.0667. The lowest BCUT2D eigenvalue weighted by Crippen LogP contribution is -2.13. The van der Waals surface area contributed by atoms with E-state index in [1.54, 1.807) is 6.08 Å². The summed E-state index contributed by atoms with van der Waals surface area (Å²) >= 11 is 4.81. The van der Waals surface area contributed by atoms with Gasteiger partial charge in [0.1, 0.15) is 11.6 Å². The third-order valence-electron chi connectivity index (χ3n) is 2.56. The average Bonchev–Trinajstić information content (AvgIpc) is 2.84. The molecule has 2 rings (SSSR count). The Morgan fingerprint density at radius 3 is 2.55 bits per heavy atom. The fourth-order valence-electron chi connectivity index (χ4n) is 1.53. The van der Waals surface area contributed by atoms with Gasteiger partial charge in [0, 0.05) is 10.6 Å². The number of nitrogens with one attached hydrogen (secondary N) is 1. The molecule has 0 fully saturated rings. The van der Waals surface area contributed by atoms with Gasteiger partial charge >= 0.3 is 0 Å². The molecule has 1 aromatic carbocycles. The monoisotopic (exact) mass is 346 g/mol. The lowest BCUT2D eigenvalue weighted by Gasteiger charge is -2.04. The highest BCUT2D eigenvalue weighted by Gasteiger charge is 2.10. The highest BCUT2D eigenvalue weighted by atomic mass is 79.9. The van der Waals surface area contributed by atoms with E-state index in [2.05, 4.69) is 21.2 Å². The SMILES string of the molecule is Cc1ccc(NC(=O)/C(C#N)=C\c2ccc(Br)s2)cc1. The number of halogens is 1. The lowest BCUT2D eigenvalue weighted by molar-refractivity contribution is -0.112. The molecule has 1 aromatic heterocycles. The molecule has 1 amide bonds. The Labute approximate surface area is 129 Å². The van der Waals surface area contributed by atoms with Gasteiger partial charge in [-0.2, -0.15) is 5.26 Å². The topological polar surface area (TPSA) is 52.9 Å². The molecule has 0 bridgehead atoms. The summed E-state index contributed by atoms with van der Waals surface area (Å²) in [4.78, 5) is 12.9. The van der Waals surface area contributed by atoms with Crippen molar-refractivity contribution in [3.8, 4) is 6.07 Å². The molecule has 0 radical (unpaired) electrons. The van der Waals surface area contributed by atoms with Gasteiger partial charge in [-0.3, -0.25) is 4.79 Å². The van der Waals surface area contributed by atoms with Gasteiger partial charge in [0.05, 0.1) is 3.79 Å². The molecule has 3 nitrogen and oxygen atoms in total. The van der Waals surface area contributed by atoms with E-state index < -0.39 is 5.91 Å². The molecule has 0 saturated carbocycles. The third-order valence-corrected chi connectivity index (χ3v) is 4.13. The first-order valence-electron chi connectivity index (χ1n) is 5.83. The Balaban J connectivity index is 2.16.